The maximum absolute atomic E-state index is 11.8. The molecule has 0 radical (unpaired) electrons. The maximum atomic E-state index is 11.8. The normalized spacial score (nSPS) is 15.2. The van der Waals surface area contributed by atoms with Gasteiger partial charge >= 0.3 is 0 Å². The van der Waals surface area contributed by atoms with Crippen molar-refractivity contribution >= 4 is 11.6 Å². The Hall–Kier alpha value is -1.51. The smallest absolute Gasteiger partial charge is 0.220 e. The Labute approximate surface area is 122 Å². The molecule has 0 aromatic heterocycles. The zero-order valence-corrected chi connectivity index (χ0v) is 12.5. The molecule has 0 saturated heterocycles. The van der Waals surface area contributed by atoms with Gasteiger partial charge in [0.2, 0.25) is 5.91 Å². The molecule has 0 unspecified atom stereocenters. The molecule has 0 atom stereocenters. The Balaban J connectivity index is 1.59. The molecule has 110 valence electrons. The number of benzene rings is 1. The first kappa shape index (κ1) is 14.9. The highest BCUT2D eigenvalue weighted by Crippen LogP contribution is 2.28. The van der Waals surface area contributed by atoms with Gasteiger partial charge in [-0.25, -0.2) is 0 Å². The Bertz CT molecular complexity index is 399. The monoisotopic (exact) mass is 274 g/mol. The summed E-state index contributed by atoms with van der Waals surface area (Å²) < 4.78 is 0. The molecule has 0 bridgehead atoms. The molecule has 2 rings (SSSR count). The molecule has 1 aromatic rings. The van der Waals surface area contributed by atoms with Crippen molar-refractivity contribution in [1.82, 2.24) is 5.32 Å². The van der Waals surface area contributed by atoms with Crippen molar-refractivity contribution in [3.8, 4) is 0 Å². The minimum Gasteiger partial charge on any atom is -0.373 e. The maximum Gasteiger partial charge on any atom is 0.220 e. The third-order valence-corrected chi connectivity index (χ3v) is 4.22. The van der Waals surface area contributed by atoms with Gasteiger partial charge in [0.25, 0.3) is 0 Å². The molecule has 3 nitrogen and oxygen atoms in total. The van der Waals surface area contributed by atoms with E-state index in [2.05, 4.69) is 29.4 Å². The van der Waals surface area contributed by atoms with Crippen molar-refractivity contribution in [2.24, 2.45) is 5.92 Å². The number of anilines is 1. The third kappa shape index (κ3) is 4.87. The van der Waals surface area contributed by atoms with Gasteiger partial charge in [-0.05, 0) is 24.5 Å². The lowest BCUT2D eigenvalue weighted by Crippen LogP contribution is -2.33. The number of rotatable bonds is 7. The molecule has 20 heavy (non-hydrogen) atoms. The van der Waals surface area contributed by atoms with Crippen LogP contribution in [0.5, 0.6) is 0 Å². The molecule has 1 aliphatic carbocycles. The van der Waals surface area contributed by atoms with E-state index in [0.717, 1.165) is 25.4 Å². The number of para-hydroxylation sites is 1. The van der Waals surface area contributed by atoms with Crippen LogP contribution in [0.2, 0.25) is 0 Å². The fourth-order valence-electron chi connectivity index (χ4n) is 2.90. The summed E-state index contributed by atoms with van der Waals surface area (Å²) in [5.74, 6) is 1.01. The number of carbonyl (C=O) groups excluding carboxylic acids is 1. The van der Waals surface area contributed by atoms with E-state index in [1.807, 2.05) is 18.2 Å². The number of hydrogen-bond donors (Lipinski definition) is 1. The minimum atomic E-state index is 0.207. The molecular weight excluding hydrogens is 248 g/mol. The Morgan fingerprint density at radius 3 is 2.65 bits per heavy atom. The Morgan fingerprint density at radius 1 is 1.25 bits per heavy atom. The molecule has 1 fully saturated rings. The largest absolute Gasteiger partial charge is 0.373 e. The Morgan fingerprint density at radius 2 is 1.95 bits per heavy atom. The summed E-state index contributed by atoms with van der Waals surface area (Å²) in [5, 5.41) is 3.03. The van der Waals surface area contributed by atoms with Crippen LogP contribution in [-0.4, -0.2) is 26.0 Å². The van der Waals surface area contributed by atoms with Crippen LogP contribution in [0.15, 0.2) is 30.3 Å². The average Bonchev–Trinajstić information content (AvgIpc) is 2.99. The number of nitrogens with zero attached hydrogens (tertiary/aromatic N) is 1. The van der Waals surface area contributed by atoms with Crippen molar-refractivity contribution in [2.75, 3.05) is 25.0 Å². The molecular formula is C17H26N2O. The second kappa shape index (κ2) is 7.93. The van der Waals surface area contributed by atoms with E-state index in [9.17, 15) is 4.79 Å². The van der Waals surface area contributed by atoms with Crippen LogP contribution in [0.4, 0.5) is 5.69 Å². The van der Waals surface area contributed by atoms with Crippen LogP contribution in [0.25, 0.3) is 0 Å². The predicted octanol–water partition coefficient (Wildman–Crippen LogP) is 3.21. The van der Waals surface area contributed by atoms with Gasteiger partial charge in [-0.3, -0.25) is 4.79 Å². The predicted molar refractivity (Wildman–Crippen MR) is 83.9 cm³/mol. The number of nitrogens with one attached hydrogen (secondary N) is 1. The second-order valence-electron chi connectivity index (χ2n) is 5.80. The first-order valence-electron chi connectivity index (χ1n) is 7.78. The van der Waals surface area contributed by atoms with E-state index >= 15 is 0 Å². The van der Waals surface area contributed by atoms with E-state index in [4.69, 9.17) is 0 Å². The lowest BCUT2D eigenvalue weighted by Gasteiger charge is -2.19. The van der Waals surface area contributed by atoms with Crippen LogP contribution in [0, 0.1) is 5.92 Å². The van der Waals surface area contributed by atoms with E-state index < -0.39 is 0 Å². The highest BCUT2D eigenvalue weighted by molar-refractivity contribution is 5.75. The SMILES string of the molecule is CN(CCNC(=O)CCC1CCCC1)c1ccccc1. The van der Waals surface area contributed by atoms with Gasteiger partial charge in [-0.2, -0.15) is 0 Å². The van der Waals surface area contributed by atoms with Gasteiger partial charge in [0.15, 0.2) is 0 Å². The molecule has 1 aliphatic rings. The Kier molecular flexibility index (Phi) is 5.90. The van der Waals surface area contributed by atoms with Crippen molar-refractivity contribution < 1.29 is 4.79 Å². The summed E-state index contributed by atoms with van der Waals surface area (Å²) in [6.07, 6.45) is 7.12. The summed E-state index contributed by atoms with van der Waals surface area (Å²) >= 11 is 0. The van der Waals surface area contributed by atoms with Crippen LogP contribution in [-0.2, 0) is 4.79 Å². The van der Waals surface area contributed by atoms with Gasteiger partial charge in [0, 0.05) is 32.2 Å². The van der Waals surface area contributed by atoms with Gasteiger partial charge in [-0.1, -0.05) is 43.9 Å². The minimum absolute atomic E-state index is 0.207. The second-order valence-corrected chi connectivity index (χ2v) is 5.80. The molecule has 0 aliphatic heterocycles. The lowest BCUT2D eigenvalue weighted by molar-refractivity contribution is -0.121. The van der Waals surface area contributed by atoms with Crippen molar-refractivity contribution in [3.63, 3.8) is 0 Å². The molecule has 1 N–H and O–H groups in total. The highest BCUT2D eigenvalue weighted by atomic mass is 16.1. The van der Waals surface area contributed by atoms with E-state index in [1.165, 1.54) is 31.4 Å². The zero-order valence-electron chi connectivity index (χ0n) is 12.5. The van der Waals surface area contributed by atoms with Crippen LogP contribution in [0.3, 0.4) is 0 Å². The number of amides is 1. The molecule has 1 saturated carbocycles. The number of likely N-dealkylation sites (N-methyl/N-ethyl adjacent to an activating group) is 1. The van der Waals surface area contributed by atoms with E-state index in [1.54, 1.807) is 0 Å². The lowest BCUT2D eigenvalue weighted by atomic mass is 10.0. The summed E-state index contributed by atoms with van der Waals surface area (Å²) in [4.78, 5) is 14.0. The van der Waals surface area contributed by atoms with Gasteiger partial charge in [-0.15, -0.1) is 0 Å². The van der Waals surface area contributed by atoms with Gasteiger partial charge < -0.3 is 10.2 Å². The molecule has 1 amide bonds. The van der Waals surface area contributed by atoms with Crippen LogP contribution < -0.4 is 10.2 Å². The molecule has 0 spiro atoms. The van der Waals surface area contributed by atoms with Crippen molar-refractivity contribution in [2.45, 2.75) is 38.5 Å². The molecule has 1 aromatic carbocycles. The summed E-state index contributed by atoms with van der Waals surface area (Å²) in [6, 6.07) is 10.3. The standard InChI is InChI=1S/C17H26N2O/c1-19(16-9-3-2-4-10-16)14-13-18-17(20)12-11-15-7-5-6-8-15/h2-4,9-10,15H,5-8,11-14H2,1H3,(H,18,20). The fourth-order valence-corrected chi connectivity index (χ4v) is 2.90. The van der Waals surface area contributed by atoms with Gasteiger partial charge in [0.05, 0.1) is 0 Å². The first-order valence-corrected chi connectivity index (χ1v) is 7.78. The van der Waals surface area contributed by atoms with Gasteiger partial charge in [0.1, 0.15) is 0 Å². The van der Waals surface area contributed by atoms with E-state index in [0.29, 0.717) is 6.42 Å². The third-order valence-electron chi connectivity index (χ3n) is 4.22. The first-order chi connectivity index (χ1) is 9.75. The topological polar surface area (TPSA) is 32.3 Å². The van der Waals surface area contributed by atoms with Crippen molar-refractivity contribution in [1.29, 1.82) is 0 Å². The fraction of sp³-hybridized carbons (Fsp3) is 0.588. The average molecular weight is 274 g/mol. The number of hydrogen-bond acceptors (Lipinski definition) is 2. The summed E-state index contributed by atoms with van der Waals surface area (Å²) in [6.45, 7) is 1.56. The number of carbonyl (C=O) groups is 1. The quantitative estimate of drug-likeness (QED) is 0.828. The highest BCUT2D eigenvalue weighted by Gasteiger charge is 2.15. The van der Waals surface area contributed by atoms with Crippen molar-refractivity contribution in [3.05, 3.63) is 30.3 Å². The van der Waals surface area contributed by atoms with E-state index in [-0.39, 0.29) is 5.91 Å². The molecule has 3 heteroatoms. The summed E-state index contributed by atoms with van der Waals surface area (Å²) in [7, 11) is 2.06. The van der Waals surface area contributed by atoms with Crippen LogP contribution in [0.1, 0.15) is 38.5 Å². The van der Waals surface area contributed by atoms with Crippen LogP contribution >= 0.6 is 0 Å². The zero-order chi connectivity index (χ0) is 14.2. The summed E-state index contributed by atoms with van der Waals surface area (Å²) in [5.41, 5.74) is 1.19. The molecule has 0 heterocycles.